The number of aromatic nitrogens is 2. The minimum absolute atomic E-state index is 0.0305. The van der Waals surface area contributed by atoms with Crippen LogP contribution in [0.3, 0.4) is 0 Å². The van der Waals surface area contributed by atoms with Crippen LogP contribution in [0.4, 0.5) is 0 Å². The van der Waals surface area contributed by atoms with Gasteiger partial charge in [0, 0.05) is 19.6 Å². The summed E-state index contributed by atoms with van der Waals surface area (Å²) in [6.07, 6.45) is 4.98. The molecule has 1 aromatic carbocycles. The molecule has 22 heavy (non-hydrogen) atoms. The Balaban J connectivity index is 1.65. The Morgan fingerprint density at radius 2 is 2.23 bits per heavy atom. The van der Waals surface area contributed by atoms with Gasteiger partial charge in [0.05, 0.1) is 17.4 Å². The van der Waals surface area contributed by atoms with Crippen LogP contribution in [0.5, 0.6) is 0 Å². The summed E-state index contributed by atoms with van der Waals surface area (Å²) < 4.78 is 1.92. The number of nitrogens with one attached hydrogen (secondary N) is 1. The molecule has 1 aliphatic rings. The highest BCUT2D eigenvalue weighted by molar-refractivity contribution is 5.83. The molecular formula is C17H22N4O. The van der Waals surface area contributed by atoms with Crippen molar-refractivity contribution < 1.29 is 4.79 Å². The van der Waals surface area contributed by atoms with Crippen LogP contribution in [0.1, 0.15) is 19.4 Å². The summed E-state index contributed by atoms with van der Waals surface area (Å²) >= 11 is 0. The lowest BCUT2D eigenvalue weighted by Gasteiger charge is -2.22. The number of rotatable bonds is 4. The summed E-state index contributed by atoms with van der Waals surface area (Å²) in [6, 6.07) is 7.61. The van der Waals surface area contributed by atoms with Gasteiger partial charge in [-0.2, -0.15) is 0 Å². The van der Waals surface area contributed by atoms with Crippen LogP contribution >= 0.6 is 0 Å². The van der Waals surface area contributed by atoms with Crippen molar-refractivity contribution in [3.63, 3.8) is 0 Å². The fourth-order valence-corrected chi connectivity index (χ4v) is 2.73. The van der Waals surface area contributed by atoms with Gasteiger partial charge in [0.15, 0.2) is 0 Å². The van der Waals surface area contributed by atoms with Gasteiger partial charge in [-0.05, 0) is 32.5 Å². The van der Waals surface area contributed by atoms with Crippen LogP contribution < -0.4 is 5.32 Å². The normalized spacial score (nSPS) is 17.3. The molecule has 5 nitrogen and oxygen atoms in total. The summed E-state index contributed by atoms with van der Waals surface area (Å²) in [6.45, 7) is 4.58. The highest BCUT2D eigenvalue weighted by atomic mass is 16.2. The fourth-order valence-electron chi connectivity index (χ4n) is 2.73. The Morgan fingerprint density at radius 1 is 1.41 bits per heavy atom. The van der Waals surface area contributed by atoms with Crippen molar-refractivity contribution in [3.8, 4) is 0 Å². The van der Waals surface area contributed by atoms with E-state index in [1.807, 2.05) is 35.8 Å². The predicted molar refractivity (Wildman–Crippen MR) is 87.7 cm³/mol. The maximum atomic E-state index is 12.4. The topological polar surface area (TPSA) is 50.2 Å². The van der Waals surface area contributed by atoms with Gasteiger partial charge in [-0.1, -0.05) is 23.8 Å². The van der Waals surface area contributed by atoms with Crippen molar-refractivity contribution in [1.82, 2.24) is 19.8 Å². The zero-order valence-corrected chi connectivity index (χ0v) is 13.1. The SMILES string of the molecule is CC(C(=O)NCC1=CCN(C)CC1)n1cnc2ccccc21. The van der Waals surface area contributed by atoms with E-state index in [9.17, 15) is 4.79 Å². The maximum Gasteiger partial charge on any atom is 0.243 e. The Hall–Kier alpha value is -2.14. The zero-order chi connectivity index (χ0) is 15.5. The van der Waals surface area contributed by atoms with Crippen molar-refractivity contribution in [2.75, 3.05) is 26.7 Å². The molecule has 0 spiro atoms. The number of benzene rings is 1. The third-order valence-corrected chi connectivity index (χ3v) is 4.27. The lowest BCUT2D eigenvalue weighted by atomic mass is 10.1. The first-order valence-electron chi connectivity index (χ1n) is 7.71. The highest BCUT2D eigenvalue weighted by Gasteiger charge is 2.17. The summed E-state index contributed by atoms with van der Waals surface area (Å²) in [7, 11) is 2.11. The van der Waals surface area contributed by atoms with Crippen molar-refractivity contribution >= 4 is 16.9 Å². The number of para-hydroxylation sites is 2. The number of hydrogen-bond acceptors (Lipinski definition) is 3. The smallest absolute Gasteiger partial charge is 0.243 e. The van der Waals surface area contributed by atoms with Crippen LogP contribution in [-0.2, 0) is 4.79 Å². The van der Waals surface area contributed by atoms with E-state index in [1.165, 1.54) is 5.57 Å². The summed E-state index contributed by atoms with van der Waals surface area (Å²) in [5.74, 6) is 0.0305. The number of carbonyl (C=O) groups excluding carboxylic acids is 1. The second-order valence-corrected chi connectivity index (χ2v) is 5.91. The maximum absolute atomic E-state index is 12.4. The molecule has 0 saturated heterocycles. The van der Waals surface area contributed by atoms with Gasteiger partial charge in [0.1, 0.15) is 6.04 Å². The molecule has 0 radical (unpaired) electrons. The molecule has 1 unspecified atom stereocenters. The summed E-state index contributed by atoms with van der Waals surface area (Å²) in [5, 5.41) is 3.05. The van der Waals surface area contributed by atoms with Gasteiger partial charge in [-0.3, -0.25) is 4.79 Å². The molecule has 5 heteroatoms. The van der Waals surface area contributed by atoms with Crippen molar-refractivity contribution in [3.05, 3.63) is 42.2 Å². The molecule has 0 saturated carbocycles. The molecule has 0 aliphatic carbocycles. The Morgan fingerprint density at radius 3 is 3.00 bits per heavy atom. The van der Waals surface area contributed by atoms with Crippen molar-refractivity contribution in [1.29, 1.82) is 0 Å². The lowest BCUT2D eigenvalue weighted by molar-refractivity contribution is -0.123. The number of imidazole rings is 1. The van der Waals surface area contributed by atoms with Gasteiger partial charge < -0.3 is 14.8 Å². The van der Waals surface area contributed by atoms with E-state index >= 15 is 0 Å². The van der Waals surface area contributed by atoms with Gasteiger partial charge >= 0.3 is 0 Å². The van der Waals surface area contributed by atoms with Crippen LogP contribution in [-0.4, -0.2) is 47.0 Å². The lowest BCUT2D eigenvalue weighted by Crippen LogP contribution is -2.34. The number of hydrogen-bond donors (Lipinski definition) is 1. The minimum atomic E-state index is -0.265. The van der Waals surface area contributed by atoms with E-state index in [4.69, 9.17) is 0 Å². The predicted octanol–water partition coefficient (Wildman–Crippen LogP) is 1.98. The van der Waals surface area contributed by atoms with Crippen molar-refractivity contribution in [2.45, 2.75) is 19.4 Å². The van der Waals surface area contributed by atoms with Crippen LogP contribution in [0.2, 0.25) is 0 Å². The molecule has 0 fully saturated rings. The van der Waals surface area contributed by atoms with Gasteiger partial charge in [0.2, 0.25) is 5.91 Å². The number of fused-ring (bicyclic) bond motifs is 1. The number of nitrogens with zero attached hydrogens (tertiary/aromatic N) is 3. The van der Waals surface area contributed by atoms with Crippen LogP contribution in [0.15, 0.2) is 42.2 Å². The molecule has 3 rings (SSSR count). The second kappa shape index (κ2) is 6.32. The Kier molecular flexibility index (Phi) is 4.24. The monoisotopic (exact) mass is 298 g/mol. The van der Waals surface area contributed by atoms with Gasteiger partial charge in [-0.15, -0.1) is 0 Å². The first-order valence-corrected chi connectivity index (χ1v) is 7.71. The molecule has 116 valence electrons. The first-order chi connectivity index (χ1) is 10.6. The Bertz CT molecular complexity index is 704. The number of carbonyl (C=O) groups is 1. The minimum Gasteiger partial charge on any atom is -0.351 e. The van der Waals surface area contributed by atoms with Crippen LogP contribution in [0.25, 0.3) is 11.0 Å². The largest absolute Gasteiger partial charge is 0.351 e. The third-order valence-electron chi connectivity index (χ3n) is 4.27. The molecule has 1 atom stereocenters. The molecule has 1 amide bonds. The van der Waals surface area contributed by atoms with E-state index in [0.29, 0.717) is 6.54 Å². The third kappa shape index (κ3) is 3.04. The molecule has 1 aliphatic heterocycles. The molecular weight excluding hydrogens is 276 g/mol. The number of likely N-dealkylation sites (N-methyl/N-ethyl adjacent to an activating group) is 1. The molecule has 1 N–H and O–H groups in total. The first kappa shape index (κ1) is 14.8. The van der Waals surface area contributed by atoms with E-state index < -0.39 is 0 Å². The van der Waals surface area contributed by atoms with E-state index in [1.54, 1.807) is 6.33 Å². The van der Waals surface area contributed by atoms with E-state index in [2.05, 4.69) is 28.3 Å². The van der Waals surface area contributed by atoms with Gasteiger partial charge in [-0.25, -0.2) is 4.98 Å². The Labute approximate surface area is 130 Å². The van der Waals surface area contributed by atoms with E-state index in [-0.39, 0.29) is 11.9 Å². The van der Waals surface area contributed by atoms with Gasteiger partial charge in [0.25, 0.3) is 0 Å². The summed E-state index contributed by atoms with van der Waals surface area (Å²) in [4.78, 5) is 19.0. The van der Waals surface area contributed by atoms with Crippen molar-refractivity contribution in [2.24, 2.45) is 0 Å². The fraction of sp³-hybridized carbons (Fsp3) is 0.412. The second-order valence-electron chi connectivity index (χ2n) is 5.91. The molecule has 0 bridgehead atoms. The quantitative estimate of drug-likeness (QED) is 0.878. The summed E-state index contributed by atoms with van der Waals surface area (Å²) in [5.41, 5.74) is 3.22. The molecule has 2 aromatic rings. The average Bonchev–Trinajstić information content (AvgIpc) is 2.97. The zero-order valence-electron chi connectivity index (χ0n) is 13.1. The molecule has 2 heterocycles. The van der Waals surface area contributed by atoms with E-state index in [0.717, 1.165) is 30.5 Å². The average molecular weight is 298 g/mol. The number of amides is 1. The van der Waals surface area contributed by atoms with Crippen LogP contribution in [0, 0.1) is 0 Å². The highest BCUT2D eigenvalue weighted by Crippen LogP contribution is 2.17. The molecule has 1 aromatic heterocycles. The standard InChI is InChI=1S/C17H22N4O/c1-13(21-12-19-15-5-3-4-6-16(15)21)17(22)18-11-14-7-9-20(2)10-8-14/h3-7,12-13H,8-11H2,1-2H3,(H,18,22).